The summed E-state index contributed by atoms with van der Waals surface area (Å²) in [6, 6.07) is 11.0. The van der Waals surface area contributed by atoms with Gasteiger partial charge in [-0.1, -0.05) is 42.5 Å². The van der Waals surface area contributed by atoms with E-state index in [1.165, 1.54) is 12.1 Å². The van der Waals surface area contributed by atoms with Crippen LogP contribution in [0.4, 0.5) is 13.2 Å². The van der Waals surface area contributed by atoms with Crippen molar-refractivity contribution in [2.24, 2.45) is 0 Å². The average Bonchev–Trinajstić information content (AvgIpc) is 2.59. The summed E-state index contributed by atoms with van der Waals surface area (Å²) in [5.74, 6) is -0.724. The van der Waals surface area contributed by atoms with Crippen LogP contribution in [0.15, 0.2) is 42.5 Å². The molecule has 3 rings (SSSR count). The summed E-state index contributed by atoms with van der Waals surface area (Å²) >= 11 is 0. The molecule has 0 saturated heterocycles. The molecule has 1 aliphatic carbocycles. The van der Waals surface area contributed by atoms with Gasteiger partial charge in [-0.05, 0) is 59.6 Å². The first-order valence-corrected chi connectivity index (χ1v) is 8.53. The van der Waals surface area contributed by atoms with Crippen LogP contribution in [0.3, 0.4) is 0 Å². The van der Waals surface area contributed by atoms with E-state index in [1.807, 2.05) is 24.3 Å². The molecule has 0 saturated carbocycles. The number of rotatable bonds is 4. The van der Waals surface area contributed by atoms with Crippen LogP contribution in [0.5, 0.6) is 0 Å². The fourth-order valence-electron chi connectivity index (χ4n) is 3.44. The number of hydrogen-bond acceptors (Lipinski definition) is 1. The zero-order chi connectivity index (χ0) is 18.7. The zero-order valence-corrected chi connectivity index (χ0v) is 14.1. The van der Waals surface area contributed by atoms with Gasteiger partial charge in [-0.25, -0.2) is 0 Å². The molecule has 0 bridgehead atoms. The highest BCUT2D eigenvalue weighted by molar-refractivity contribution is 5.71. The Morgan fingerprint density at radius 3 is 2.38 bits per heavy atom. The molecule has 0 fully saturated rings. The molecule has 26 heavy (non-hydrogen) atoms. The minimum Gasteiger partial charge on any atom is -0.481 e. The van der Waals surface area contributed by atoms with Crippen molar-refractivity contribution >= 4 is 18.1 Å². The van der Waals surface area contributed by atoms with Gasteiger partial charge in [0.25, 0.3) is 0 Å². The Kier molecular flexibility index (Phi) is 5.16. The number of benzene rings is 2. The molecule has 136 valence electrons. The standard InChI is InChI=1S/C21H19F3O2/c22-21(23,24)18-9-6-14(7-10-18)4-5-15-8-11-19-16(12-15)2-1-3-17(19)13-20(25)26/h4-12,17H,1-3,13H2,(H,25,26). The lowest BCUT2D eigenvalue weighted by Gasteiger charge is -2.24. The molecule has 2 nitrogen and oxygen atoms in total. The molecule has 0 aromatic heterocycles. The predicted octanol–water partition coefficient (Wildman–Crippen LogP) is 5.77. The van der Waals surface area contributed by atoms with Crippen LogP contribution < -0.4 is 0 Å². The van der Waals surface area contributed by atoms with E-state index in [9.17, 15) is 18.0 Å². The van der Waals surface area contributed by atoms with E-state index in [2.05, 4.69) is 0 Å². The molecule has 5 heteroatoms. The Morgan fingerprint density at radius 2 is 1.73 bits per heavy atom. The van der Waals surface area contributed by atoms with Gasteiger partial charge in [-0.3, -0.25) is 4.79 Å². The second-order valence-corrected chi connectivity index (χ2v) is 6.60. The van der Waals surface area contributed by atoms with Crippen LogP contribution in [0.1, 0.15) is 53.0 Å². The van der Waals surface area contributed by atoms with E-state index in [0.29, 0.717) is 5.56 Å². The number of aryl methyl sites for hydroxylation is 1. The molecule has 0 spiro atoms. The van der Waals surface area contributed by atoms with Crippen LogP contribution in [0.25, 0.3) is 12.2 Å². The molecule has 0 radical (unpaired) electrons. The van der Waals surface area contributed by atoms with E-state index in [-0.39, 0.29) is 12.3 Å². The molecule has 1 N–H and O–H groups in total. The Balaban J connectivity index is 1.76. The van der Waals surface area contributed by atoms with Crippen molar-refractivity contribution in [1.29, 1.82) is 0 Å². The van der Waals surface area contributed by atoms with Gasteiger partial charge in [0.1, 0.15) is 0 Å². The van der Waals surface area contributed by atoms with Crippen molar-refractivity contribution in [2.45, 2.75) is 37.8 Å². The lowest BCUT2D eigenvalue weighted by molar-refractivity contribution is -0.138. The molecule has 1 aliphatic rings. The summed E-state index contributed by atoms with van der Waals surface area (Å²) in [4.78, 5) is 11.0. The number of carbonyl (C=O) groups is 1. The molecular formula is C21H19F3O2. The predicted molar refractivity (Wildman–Crippen MR) is 94.7 cm³/mol. The maximum absolute atomic E-state index is 12.6. The van der Waals surface area contributed by atoms with Crippen LogP contribution in [0.2, 0.25) is 0 Å². The summed E-state index contributed by atoms with van der Waals surface area (Å²) in [6.07, 6.45) is 2.24. The Bertz CT molecular complexity index is 820. The van der Waals surface area contributed by atoms with Gasteiger partial charge in [-0.15, -0.1) is 0 Å². The largest absolute Gasteiger partial charge is 0.481 e. The third kappa shape index (κ3) is 4.34. The fraction of sp³-hybridized carbons (Fsp3) is 0.286. The van der Waals surface area contributed by atoms with Gasteiger partial charge >= 0.3 is 12.1 Å². The Hall–Kier alpha value is -2.56. The highest BCUT2D eigenvalue weighted by Crippen LogP contribution is 2.35. The van der Waals surface area contributed by atoms with Crippen LogP contribution in [-0.4, -0.2) is 11.1 Å². The molecule has 1 unspecified atom stereocenters. The third-order valence-corrected chi connectivity index (χ3v) is 4.73. The van der Waals surface area contributed by atoms with Crippen LogP contribution in [-0.2, 0) is 17.4 Å². The van der Waals surface area contributed by atoms with E-state index in [4.69, 9.17) is 5.11 Å². The normalized spacial score (nSPS) is 17.3. The summed E-state index contributed by atoms with van der Waals surface area (Å²) in [6.45, 7) is 0. The maximum Gasteiger partial charge on any atom is 0.416 e. The van der Waals surface area contributed by atoms with Gasteiger partial charge in [0.15, 0.2) is 0 Å². The molecule has 2 aromatic rings. The minimum absolute atomic E-state index is 0.0594. The van der Waals surface area contributed by atoms with Gasteiger partial charge in [0.05, 0.1) is 12.0 Å². The number of hydrogen-bond donors (Lipinski definition) is 1. The van der Waals surface area contributed by atoms with Crippen molar-refractivity contribution in [2.75, 3.05) is 0 Å². The first kappa shape index (κ1) is 18.2. The highest BCUT2D eigenvalue weighted by Gasteiger charge is 2.29. The molecule has 0 heterocycles. The van der Waals surface area contributed by atoms with Gasteiger partial charge in [0.2, 0.25) is 0 Å². The summed E-state index contributed by atoms with van der Waals surface area (Å²) in [7, 11) is 0. The zero-order valence-electron chi connectivity index (χ0n) is 14.1. The van der Waals surface area contributed by atoms with Crippen molar-refractivity contribution in [3.8, 4) is 0 Å². The first-order valence-electron chi connectivity index (χ1n) is 8.53. The lowest BCUT2D eigenvalue weighted by atomic mass is 9.80. The quantitative estimate of drug-likeness (QED) is 0.703. The number of halogens is 3. The van der Waals surface area contributed by atoms with Gasteiger partial charge in [0, 0.05) is 0 Å². The Labute approximate surface area is 150 Å². The molecular weight excluding hydrogens is 341 g/mol. The van der Waals surface area contributed by atoms with E-state index in [0.717, 1.165) is 48.1 Å². The first-order chi connectivity index (χ1) is 12.3. The number of carboxylic acid groups (broad SMARTS) is 1. The van der Waals surface area contributed by atoms with E-state index < -0.39 is 17.7 Å². The lowest BCUT2D eigenvalue weighted by Crippen LogP contribution is -2.13. The van der Waals surface area contributed by atoms with Gasteiger partial charge in [-0.2, -0.15) is 13.2 Å². The second kappa shape index (κ2) is 7.36. The van der Waals surface area contributed by atoms with Crippen LogP contribution >= 0.6 is 0 Å². The number of aliphatic carboxylic acids is 1. The van der Waals surface area contributed by atoms with Crippen molar-refractivity contribution in [1.82, 2.24) is 0 Å². The molecule has 0 amide bonds. The van der Waals surface area contributed by atoms with E-state index in [1.54, 1.807) is 6.08 Å². The van der Waals surface area contributed by atoms with E-state index >= 15 is 0 Å². The smallest absolute Gasteiger partial charge is 0.416 e. The maximum atomic E-state index is 12.6. The van der Waals surface area contributed by atoms with Crippen molar-refractivity contribution in [3.63, 3.8) is 0 Å². The Morgan fingerprint density at radius 1 is 1.08 bits per heavy atom. The summed E-state index contributed by atoms with van der Waals surface area (Å²) in [5, 5.41) is 9.04. The number of carboxylic acids is 1. The molecule has 2 aromatic carbocycles. The van der Waals surface area contributed by atoms with Crippen molar-refractivity contribution in [3.05, 3.63) is 70.3 Å². The fourth-order valence-corrected chi connectivity index (χ4v) is 3.44. The number of fused-ring (bicyclic) bond motifs is 1. The van der Waals surface area contributed by atoms with Crippen molar-refractivity contribution < 1.29 is 23.1 Å². The SMILES string of the molecule is O=C(O)CC1CCCc2cc(C=Cc3ccc(C(F)(F)F)cc3)ccc21. The topological polar surface area (TPSA) is 37.3 Å². The molecule has 1 atom stereocenters. The second-order valence-electron chi connectivity index (χ2n) is 6.60. The molecule has 0 aliphatic heterocycles. The average molecular weight is 360 g/mol. The minimum atomic E-state index is -4.33. The summed E-state index contributed by atoms with van der Waals surface area (Å²) < 4.78 is 37.8. The number of alkyl halides is 3. The summed E-state index contributed by atoms with van der Waals surface area (Å²) in [5.41, 5.74) is 3.26. The monoisotopic (exact) mass is 360 g/mol. The van der Waals surface area contributed by atoms with Gasteiger partial charge < -0.3 is 5.11 Å². The third-order valence-electron chi connectivity index (χ3n) is 4.73. The highest BCUT2D eigenvalue weighted by atomic mass is 19.4. The van der Waals surface area contributed by atoms with Crippen LogP contribution in [0, 0.1) is 0 Å².